The van der Waals surface area contributed by atoms with Crippen LogP contribution in [0.15, 0.2) is 17.5 Å². The molecule has 0 saturated heterocycles. The molecule has 0 aliphatic heterocycles. The van der Waals surface area contributed by atoms with E-state index in [4.69, 9.17) is 4.74 Å². The summed E-state index contributed by atoms with van der Waals surface area (Å²) in [5, 5.41) is 2.04. The van der Waals surface area contributed by atoms with Crippen molar-refractivity contribution in [3.63, 3.8) is 0 Å². The zero-order valence-electron chi connectivity index (χ0n) is 10.6. The lowest BCUT2D eigenvalue weighted by atomic mass is 10.2. The molecule has 18 heavy (non-hydrogen) atoms. The van der Waals surface area contributed by atoms with Crippen LogP contribution in [0.25, 0.3) is 0 Å². The molecule has 0 saturated carbocycles. The Morgan fingerprint density at radius 2 is 1.89 bits per heavy atom. The number of ether oxygens (including phenoxy) is 1. The summed E-state index contributed by atoms with van der Waals surface area (Å²) in [5.74, 6) is 0. The molecule has 0 spiro atoms. The Bertz CT molecular complexity index is 398. The number of hydrogen-bond acceptors (Lipinski definition) is 5. The minimum atomic E-state index is -3.27. The van der Waals surface area contributed by atoms with Crippen LogP contribution in [0, 0.1) is 0 Å². The first-order valence-electron chi connectivity index (χ1n) is 6.02. The summed E-state index contributed by atoms with van der Waals surface area (Å²) in [4.78, 5) is 1.25. The van der Waals surface area contributed by atoms with Crippen LogP contribution >= 0.6 is 11.3 Å². The molecule has 1 aromatic rings. The van der Waals surface area contributed by atoms with E-state index in [9.17, 15) is 8.42 Å². The third kappa shape index (κ3) is 8.63. The Hall–Kier alpha value is -0.430. The van der Waals surface area contributed by atoms with Crippen molar-refractivity contribution in [3.8, 4) is 0 Å². The minimum Gasteiger partial charge on any atom is -0.376 e. The molecular formula is C12H20O4S2. The largest absolute Gasteiger partial charge is 0.376 e. The second-order valence-electron chi connectivity index (χ2n) is 4.07. The Labute approximate surface area is 113 Å². The van der Waals surface area contributed by atoms with Gasteiger partial charge in [0.1, 0.15) is 0 Å². The lowest BCUT2D eigenvalue weighted by molar-refractivity contribution is 0.118. The summed E-state index contributed by atoms with van der Waals surface area (Å²) in [7, 11) is -3.27. The maximum absolute atomic E-state index is 10.7. The van der Waals surface area contributed by atoms with Gasteiger partial charge in [0.15, 0.2) is 0 Å². The van der Waals surface area contributed by atoms with Gasteiger partial charge in [-0.05, 0) is 24.3 Å². The second kappa shape index (κ2) is 8.63. The molecule has 0 amide bonds. The Balaban J connectivity index is 1.84. The Kier molecular flexibility index (Phi) is 7.50. The summed E-state index contributed by atoms with van der Waals surface area (Å²) in [6.45, 7) is 1.73. The third-order valence-electron chi connectivity index (χ3n) is 2.30. The van der Waals surface area contributed by atoms with Gasteiger partial charge in [0.25, 0.3) is 10.1 Å². The van der Waals surface area contributed by atoms with E-state index in [2.05, 4.69) is 10.2 Å². The molecule has 0 atom stereocenters. The molecule has 0 aromatic carbocycles. The highest BCUT2D eigenvalue weighted by molar-refractivity contribution is 7.85. The van der Waals surface area contributed by atoms with Crippen molar-refractivity contribution in [1.29, 1.82) is 0 Å². The summed E-state index contributed by atoms with van der Waals surface area (Å²) >= 11 is 1.70. The van der Waals surface area contributed by atoms with Crippen molar-refractivity contribution >= 4 is 21.5 Å². The fraction of sp³-hybridized carbons (Fsp3) is 0.667. The quantitative estimate of drug-likeness (QED) is 0.491. The van der Waals surface area contributed by atoms with Gasteiger partial charge in [0, 0.05) is 11.5 Å². The average molecular weight is 292 g/mol. The van der Waals surface area contributed by atoms with E-state index in [-0.39, 0.29) is 6.61 Å². The summed E-state index contributed by atoms with van der Waals surface area (Å²) in [5.41, 5.74) is 0. The van der Waals surface area contributed by atoms with E-state index in [0.717, 1.165) is 38.5 Å². The van der Waals surface area contributed by atoms with Gasteiger partial charge in [0.2, 0.25) is 0 Å². The van der Waals surface area contributed by atoms with Crippen LogP contribution in [0.5, 0.6) is 0 Å². The van der Waals surface area contributed by atoms with Gasteiger partial charge in [-0.15, -0.1) is 11.3 Å². The highest BCUT2D eigenvalue weighted by Gasteiger charge is 2.00. The van der Waals surface area contributed by atoms with E-state index in [0.29, 0.717) is 6.61 Å². The van der Waals surface area contributed by atoms with Gasteiger partial charge in [-0.25, -0.2) is 0 Å². The minimum absolute atomic E-state index is 0.287. The van der Waals surface area contributed by atoms with E-state index < -0.39 is 10.1 Å². The SMILES string of the molecule is CS(=O)(=O)OCCCCCCOCc1cccs1. The molecule has 1 rings (SSSR count). The molecule has 0 aliphatic rings. The van der Waals surface area contributed by atoms with Crippen molar-refractivity contribution in [2.75, 3.05) is 19.5 Å². The maximum Gasteiger partial charge on any atom is 0.264 e. The summed E-state index contributed by atoms with van der Waals surface area (Å²) < 4.78 is 31.5. The van der Waals surface area contributed by atoms with Crippen LogP contribution in [-0.4, -0.2) is 27.9 Å². The Morgan fingerprint density at radius 1 is 1.17 bits per heavy atom. The van der Waals surface area contributed by atoms with Crippen molar-refractivity contribution in [1.82, 2.24) is 0 Å². The van der Waals surface area contributed by atoms with Crippen LogP contribution in [0.1, 0.15) is 30.6 Å². The van der Waals surface area contributed by atoms with Crippen molar-refractivity contribution in [2.24, 2.45) is 0 Å². The molecule has 0 N–H and O–H groups in total. The molecule has 1 heterocycles. The van der Waals surface area contributed by atoms with E-state index in [1.807, 2.05) is 11.4 Å². The van der Waals surface area contributed by atoms with Crippen LogP contribution in [0.4, 0.5) is 0 Å². The van der Waals surface area contributed by atoms with E-state index in [1.165, 1.54) is 4.88 Å². The summed E-state index contributed by atoms with van der Waals surface area (Å²) in [6, 6.07) is 4.08. The average Bonchev–Trinajstić information content (AvgIpc) is 2.78. The summed E-state index contributed by atoms with van der Waals surface area (Å²) in [6.07, 6.45) is 4.86. The van der Waals surface area contributed by atoms with Crippen molar-refractivity contribution in [3.05, 3.63) is 22.4 Å². The van der Waals surface area contributed by atoms with Gasteiger partial charge >= 0.3 is 0 Å². The lowest BCUT2D eigenvalue weighted by Crippen LogP contribution is -2.04. The van der Waals surface area contributed by atoms with Gasteiger partial charge in [-0.1, -0.05) is 18.9 Å². The number of unbranched alkanes of at least 4 members (excludes halogenated alkanes) is 3. The first-order valence-corrected chi connectivity index (χ1v) is 8.72. The molecular weight excluding hydrogens is 272 g/mol. The van der Waals surface area contributed by atoms with Crippen molar-refractivity contribution < 1.29 is 17.3 Å². The Morgan fingerprint density at radius 3 is 2.50 bits per heavy atom. The molecule has 6 heteroatoms. The van der Waals surface area contributed by atoms with Crippen LogP contribution < -0.4 is 0 Å². The topological polar surface area (TPSA) is 52.6 Å². The second-order valence-corrected chi connectivity index (χ2v) is 6.75. The first-order chi connectivity index (χ1) is 8.58. The third-order valence-corrected chi connectivity index (χ3v) is 3.75. The number of hydrogen-bond donors (Lipinski definition) is 0. The van der Waals surface area contributed by atoms with E-state index >= 15 is 0 Å². The molecule has 0 unspecified atom stereocenters. The molecule has 1 aromatic heterocycles. The smallest absolute Gasteiger partial charge is 0.264 e. The van der Waals surface area contributed by atoms with Gasteiger partial charge in [-0.3, -0.25) is 4.18 Å². The zero-order valence-corrected chi connectivity index (χ0v) is 12.3. The van der Waals surface area contributed by atoms with E-state index in [1.54, 1.807) is 11.3 Å². The standard InChI is InChI=1S/C12H20O4S2/c1-18(13,14)16-9-5-3-2-4-8-15-11-12-7-6-10-17-12/h6-7,10H,2-5,8-9,11H2,1H3. The number of rotatable bonds is 10. The number of thiophene rings is 1. The molecule has 104 valence electrons. The molecule has 0 bridgehead atoms. The first kappa shape index (κ1) is 15.6. The van der Waals surface area contributed by atoms with Gasteiger partial charge < -0.3 is 4.74 Å². The normalized spacial score (nSPS) is 11.8. The lowest BCUT2D eigenvalue weighted by Gasteiger charge is -2.03. The molecule has 0 radical (unpaired) electrons. The monoisotopic (exact) mass is 292 g/mol. The van der Waals surface area contributed by atoms with Crippen LogP contribution in [0.3, 0.4) is 0 Å². The van der Waals surface area contributed by atoms with Gasteiger partial charge in [0.05, 0.1) is 19.5 Å². The highest BCUT2D eigenvalue weighted by Crippen LogP contribution is 2.10. The highest BCUT2D eigenvalue weighted by atomic mass is 32.2. The zero-order chi connectivity index (χ0) is 13.3. The predicted molar refractivity (Wildman–Crippen MR) is 73.2 cm³/mol. The molecule has 0 aliphatic carbocycles. The fourth-order valence-electron chi connectivity index (χ4n) is 1.44. The molecule has 0 fully saturated rings. The maximum atomic E-state index is 10.7. The molecule has 4 nitrogen and oxygen atoms in total. The van der Waals surface area contributed by atoms with Gasteiger partial charge in [-0.2, -0.15) is 8.42 Å². The van der Waals surface area contributed by atoms with Crippen LogP contribution in [-0.2, 0) is 25.6 Å². The fourth-order valence-corrected chi connectivity index (χ4v) is 2.50. The van der Waals surface area contributed by atoms with Crippen molar-refractivity contribution in [2.45, 2.75) is 32.3 Å². The van der Waals surface area contributed by atoms with Crippen LogP contribution in [0.2, 0.25) is 0 Å². The predicted octanol–water partition coefficient (Wildman–Crippen LogP) is 2.80.